The highest BCUT2D eigenvalue weighted by Gasteiger charge is 1.97. The molecule has 0 amide bonds. The van der Waals surface area contributed by atoms with E-state index < -0.39 is 0 Å². The molecule has 0 aliphatic carbocycles. The Morgan fingerprint density at radius 2 is 2.27 bits per heavy atom. The second-order valence-corrected chi connectivity index (χ2v) is 3.28. The summed E-state index contributed by atoms with van der Waals surface area (Å²) in [6.45, 7) is 4.32. The number of nitrogens with zero attached hydrogens (tertiary/aromatic N) is 2. The van der Waals surface area contributed by atoms with E-state index >= 15 is 0 Å². The van der Waals surface area contributed by atoms with Gasteiger partial charge in [0.15, 0.2) is 5.75 Å². The van der Waals surface area contributed by atoms with Gasteiger partial charge in [0.05, 0.1) is 25.5 Å². The summed E-state index contributed by atoms with van der Waals surface area (Å²) in [5.74, 6) is 0.842. The molecule has 0 atom stereocenters. The maximum Gasteiger partial charge on any atom is 0.157 e. The Morgan fingerprint density at radius 3 is 2.93 bits per heavy atom. The summed E-state index contributed by atoms with van der Waals surface area (Å²) in [4.78, 5) is 0. The van der Waals surface area contributed by atoms with Gasteiger partial charge in [-0.25, -0.2) is 0 Å². The standard InChI is InChI=1S/C10H19N3O.ClH/c1-2-3-4-7-14-10-8-12-13(9-10)6-5-11;/h8-9H,2-7,11H2,1H3;1H. The lowest BCUT2D eigenvalue weighted by Gasteiger charge is -2.01. The molecular formula is C10H20ClN3O. The Labute approximate surface area is 97.2 Å². The molecule has 0 radical (unpaired) electrons. The molecule has 0 saturated carbocycles. The van der Waals surface area contributed by atoms with Crippen molar-refractivity contribution in [2.75, 3.05) is 13.2 Å². The third kappa shape index (κ3) is 5.64. The van der Waals surface area contributed by atoms with Gasteiger partial charge in [-0.1, -0.05) is 19.8 Å². The van der Waals surface area contributed by atoms with Gasteiger partial charge in [0.2, 0.25) is 0 Å². The molecule has 0 aliphatic heterocycles. The molecule has 1 aromatic heterocycles. The van der Waals surface area contributed by atoms with Crippen LogP contribution in [0.25, 0.3) is 0 Å². The number of unbranched alkanes of at least 4 members (excludes halogenated alkanes) is 2. The van der Waals surface area contributed by atoms with Crippen molar-refractivity contribution in [2.24, 2.45) is 5.73 Å². The maximum atomic E-state index is 5.51. The van der Waals surface area contributed by atoms with Crippen LogP contribution in [-0.2, 0) is 6.54 Å². The van der Waals surface area contributed by atoms with Crippen molar-refractivity contribution in [1.29, 1.82) is 0 Å². The summed E-state index contributed by atoms with van der Waals surface area (Å²) in [6.07, 6.45) is 7.17. The lowest BCUT2D eigenvalue weighted by atomic mass is 10.3. The summed E-state index contributed by atoms with van der Waals surface area (Å²) in [5.41, 5.74) is 5.41. The Hall–Kier alpha value is -0.740. The first kappa shape index (κ1) is 14.3. The van der Waals surface area contributed by atoms with Crippen LogP contribution in [0.5, 0.6) is 5.75 Å². The zero-order chi connectivity index (χ0) is 10.2. The quantitative estimate of drug-likeness (QED) is 0.732. The topological polar surface area (TPSA) is 53.1 Å². The van der Waals surface area contributed by atoms with Gasteiger partial charge < -0.3 is 10.5 Å². The van der Waals surface area contributed by atoms with Crippen LogP contribution in [-0.4, -0.2) is 22.9 Å². The number of aromatic nitrogens is 2. The molecule has 0 spiro atoms. The third-order valence-electron chi connectivity index (χ3n) is 1.98. The average Bonchev–Trinajstić information content (AvgIpc) is 2.61. The van der Waals surface area contributed by atoms with E-state index in [4.69, 9.17) is 10.5 Å². The van der Waals surface area contributed by atoms with Crippen LogP contribution in [0.3, 0.4) is 0 Å². The van der Waals surface area contributed by atoms with Crippen LogP contribution in [0.1, 0.15) is 26.2 Å². The lowest BCUT2D eigenvalue weighted by Crippen LogP contribution is -2.09. The summed E-state index contributed by atoms with van der Waals surface area (Å²) >= 11 is 0. The Balaban J connectivity index is 0.00000196. The molecule has 1 rings (SSSR count). The molecule has 2 N–H and O–H groups in total. The van der Waals surface area contributed by atoms with Gasteiger partial charge in [-0.2, -0.15) is 5.10 Å². The maximum absolute atomic E-state index is 5.51. The first-order valence-corrected chi connectivity index (χ1v) is 5.22. The molecule has 0 aliphatic rings. The fraction of sp³-hybridized carbons (Fsp3) is 0.700. The highest BCUT2D eigenvalue weighted by Crippen LogP contribution is 2.08. The molecule has 0 unspecified atom stereocenters. The molecule has 1 heterocycles. The van der Waals surface area contributed by atoms with E-state index in [2.05, 4.69) is 12.0 Å². The first-order chi connectivity index (χ1) is 6.86. The van der Waals surface area contributed by atoms with E-state index in [9.17, 15) is 0 Å². The van der Waals surface area contributed by atoms with Gasteiger partial charge in [0.1, 0.15) is 0 Å². The molecule has 0 fully saturated rings. The molecule has 0 aromatic carbocycles. The zero-order valence-corrected chi connectivity index (χ0v) is 10.0. The number of hydrogen-bond acceptors (Lipinski definition) is 3. The number of halogens is 1. The minimum Gasteiger partial charge on any atom is -0.490 e. The molecule has 88 valence electrons. The fourth-order valence-electron chi connectivity index (χ4n) is 1.22. The summed E-state index contributed by atoms with van der Waals surface area (Å²) < 4.78 is 7.31. The van der Waals surface area contributed by atoms with Crippen LogP contribution < -0.4 is 10.5 Å². The Morgan fingerprint density at radius 1 is 1.47 bits per heavy atom. The zero-order valence-electron chi connectivity index (χ0n) is 9.19. The molecule has 15 heavy (non-hydrogen) atoms. The molecule has 0 bridgehead atoms. The molecule has 4 nitrogen and oxygen atoms in total. The third-order valence-corrected chi connectivity index (χ3v) is 1.98. The van der Waals surface area contributed by atoms with Crippen molar-refractivity contribution >= 4 is 12.4 Å². The van der Waals surface area contributed by atoms with Crippen LogP contribution in [0.2, 0.25) is 0 Å². The highest BCUT2D eigenvalue weighted by atomic mass is 35.5. The van der Waals surface area contributed by atoms with E-state index in [0.717, 1.165) is 25.3 Å². The molecule has 0 saturated heterocycles. The second-order valence-electron chi connectivity index (χ2n) is 3.28. The van der Waals surface area contributed by atoms with Crippen LogP contribution in [0.15, 0.2) is 12.4 Å². The van der Waals surface area contributed by atoms with Crippen molar-refractivity contribution in [3.63, 3.8) is 0 Å². The normalized spacial score (nSPS) is 9.73. The van der Waals surface area contributed by atoms with Gasteiger partial charge in [0.25, 0.3) is 0 Å². The Kier molecular flexibility index (Phi) is 8.14. The Bertz CT molecular complexity index is 253. The smallest absolute Gasteiger partial charge is 0.157 e. The van der Waals surface area contributed by atoms with E-state index in [1.54, 1.807) is 10.9 Å². The lowest BCUT2D eigenvalue weighted by molar-refractivity contribution is 0.306. The summed E-state index contributed by atoms with van der Waals surface area (Å²) in [7, 11) is 0. The number of ether oxygens (including phenoxy) is 1. The van der Waals surface area contributed by atoms with Gasteiger partial charge in [0, 0.05) is 6.54 Å². The summed E-state index contributed by atoms with van der Waals surface area (Å²) in [5, 5.41) is 4.12. The van der Waals surface area contributed by atoms with Gasteiger partial charge in [-0.15, -0.1) is 12.4 Å². The summed E-state index contributed by atoms with van der Waals surface area (Å²) in [6, 6.07) is 0. The van der Waals surface area contributed by atoms with Crippen molar-refractivity contribution in [3.05, 3.63) is 12.4 Å². The SMILES string of the molecule is CCCCCOc1cnn(CCN)c1.Cl. The minimum absolute atomic E-state index is 0. The fourth-order valence-corrected chi connectivity index (χ4v) is 1.22. The molecular weight excluding hydrogens is 214 g/mol. The highest BCUT2D eigenvalue weighted by molar-refractivity contribution is 5.85. The number of hydrogen-bond donors (Lipinski definition) is 1. The molecule has 1 aromatic rings. The van der Waals surface area contributed by atoms with Crippen molar-refractivity contribution in [3.8, 4) is 5.75 Å². The van der Waals surface area contributed by atoms with E-state index in [-0.39, 0.29) is 12.4 Å². The van der Waals surface area contributed by atoms with Crippen LogP contribution >= 0.6 is 12.4 Å². The van der Waals surface area contributed by atoms with Crippen molar-refractivity contribution in [1.82, 2.24) is 9.78 Å². The average molecular weight is 234 g/mol. The monoisotopic (exact) mass is 233 g/mol. The minimum atomic E-state index is 0. The van der Waals surface area contributed by atoms with Gasteiger partial charge in [-0.05, 0) is 6.42 Å². The van der Waals surface area contributed by atoms with Crippen LogP contribution in [0, 0.1) is 0 Å². The van der Waals surface area contributed by atoms with Crippen molar-refractivity contribution in [2.45, 2.75) is 32.7 Å². The van der Waals surface area contributed by atoms with Crippen molar-refractivity contribution < 1.29 is 4.74 Å². The van der Waals surface area contributed by atoms with Crippen LogP contribution in [0.4, 0.5) is 0 Å². The van der Waals surface area contributed by atoms with Gasteiger partial charge >= 0.3 is 0 Å². The second kappa shape index (κ2) is 8.56. The predicted octanol–water partition coefficient (Wildman–Crippen LogP) is 1.83. The first-order valence-electron chi connectivity index (χ1n) is 5.22. The molecule has 5 heteroatoms. The predicted molar refractivity (Wildman–Crippen MR) is 63.5 cm³/mol. The van der Waals surface area contributed by atoms with Gasteiger partial charge in [-0.3, -0.25) is 4.68 Å². The number of rotatable bonds is 7. The number of nitrogens with two attached hydrogens (primary N) is 1. The van der Waals surface area contributed by atoms with E-state index in [1.165, 1.54) is 12.8 Å². The van der Waals surface area contributed by atoms with E-state index in [1.807, 2.05) is 6.20 Å². The largest absolute Gasteiger partial charge is 0.490 e. The van der Waals surface area contributed by atoms with E-state index in [0.29, 0.717) is 6.54 Å².